The largest absolute Gasteiger partial charge is 0.369 e. The minimum Gasteiger partial charge on any atom is -0.369 e. The molecule has 2 heterocycles. The Morgan fingerprint density at radius 1 is 0.857 bits per heavy atom. The van der Waals surface area contributed by atoms with Crippen LogP contribution in [0.25, 0.3) is 0 Å². The lowest BCUT2D eigenvalue weighted by Crippen LogP contribution is -2.56. The third-order valence-electron chi connectivity index (χ3n) is 7.20. The van der Waals surface area contributed by atoms with Crippen LogP contribution in [-0.2, 0) is 4.79 Å². The number of amides is 1. The molecule has 0 unspecified atom stereocenters. The first-order valence-corrected chi connectivity index (χ1v) is 11.6. The highest BCUT2D eigenvalue weighted by Crippen LogP contribution is 2.27. The van der Waals surface area contributed by atoms with Gasteiger partial charge in [0, 0.05) is 56.9 Å². The quantitative estimate of drug-likeness (QED) is 0.736. The van der Waals surface area contributed by atoms with Crippen LogP contribution in [0, 0.1) is 12.8 Å². The summed E-state index contributed by atoms with van der Waals surface area (Å²) in [6.07, 6.45) is 9.78. The van der Waals surface area contributed by atoms with E-state index in [9.17, 15) is 4.79 Å². The molecule has 0 spiro atoms. The molecule has 1 atom stereocenters. The molecular weight excluding hydrogens is 346 g/mol. The molecule has 0 bridgehead atoms. The maximum atomic E-state index is 13.1. The van der Waals surface area contributed by atoms with Gasteiger partial charge in [0.15, 0.2) is 0 Å². The van der Waals surface area contributed by atoms with Crippen LogP contribution in [-0.4, -0.2) is 61.0 Å². The summed E-state index contributed by atoms with van der Waals surface area (Å²) < 4.78 is 0. The predicted molar refractivity (Wildman–Crippen MR) is 116 cm³/mol. The highest BCUT2D eigenvalue weighted by Gasteiger charge is 2.32. The first-order valence-electron chi connectivity index (χ1n) is 11.6. The molecule has 28 heavy (non-hydrogen) atoms. The molecule has 4 heteroatoms. The summed E-state index contributed by atoms with van der Waals surface area (Å²) in [4.78, 5) is 20.5. The van der Waals surface area contributed by atoms with Crippen molar-refractivity contribution < 1.29 is 4.79 Å². The van der Waals surface area contributed by atoms with Crippen molar-refractivity contribution in [3.8, 4) is 0 Å². The van der Waals surface area contributed by atoms with Gasteiger partial charge in [-0.25, -0.2) is 0 Å². The summed E-state index contributed by atoms with van der Waals surface area (Å²) in [5.41, 5.74) is 2.75. The number of anilines is 1. The zero-order chi connectivity index (χ0) is 19.3. The van der Waals surface area contributed by atoms with Crippen molar-refractivity contribution in [2.45, 2.75) is 64.3 Å². The zero-order valence-electron chi connectivity index (χ0n) is 17.6. The van der Waals surface area contributed by atoms with Crippen molar-refractivity contribution in [2.75, 3.05) is 44.2 Å². The Hall–Kier alpha value is -1.55. The van der Waals surface area contributed by atoms with E-state index in [0.29, 0.717) is 17.9 Å². The Balaban J connectivity index is 1.31. The number of nitrogens with zero attached hydrogens (tertiary/aromatic N) is 3. The number of benzene rings is 1. The number of aryl methyl sites for hydroxylation is 1. The molecule has 0 radical (unpaired) electrons. The lowest BCUT2D eigenvalue weighted by Gasteiger charge is -2.44. The summed E-state index contributed by atoms with van der Waals surface area (Å²) in [5.74, 6) is 0.768. The van der Waals surface area contributed by atoms with E-state index in [0.717, 1.165) is 52.1 Å². The Kier molecular flexibility index (Phi) is 6.56. The van der Waals surface area contributed by atoms with Gasteiger partial charge in [0.2, 0.25) is 5.91 Å². The minimum absolute atomic E-state index is 0.305. The van der Waals surface area contributed by atoms with Crippen molar-refractivity contribution in [2.24, 2.45) is 5.92 Å². The van der Waals surface area contributed by atoms with Gasteiger partial charge in [-0.15, -0.1) is 0 Å². The van der Waals surface area contributed by atoms with Gasteiger partial charge >= 0.3 is 0 Å². The van der Waals surface area contributed by atoms with Crippen molar-refractivity contribution >= 4 is 11.6 Å². The topological polar surface area (TPSA) is 26.8 Å². The standard InChI is InChI=1S/C24H37N3O/c1-20-9-6-7-13-23(20)26-17-15-25(16-18-26)22-12-8-14-27(19-22)24(28)21-10-4-2-3-5-11-21/h6-7,9,13,21-22H,2-5,8,10-12,14-19H2,1H3/t22-/m1/s1. The highest BCUT2D eigenvalue weighted by molar-refractivity contribution is 5.79. The monoisotopic (exact) mass is 383 g/mol. The Morgan fingerprint density at radius 2 is 1.57 bits per heavy atom. The zero-order valence-corrected chi connectivity index (χ0v) is 17.6. The van der Waals surface area contributed by atoms with E-state index in [1.807, 2.05) is 0 Å². The number of para-hydroxylation sites is 1. The average Bonchev–Trinajstić information content (AvgIpc) is 3.03. The summed E-state index contributed by atoms with van der Waals surface area (Å²) in [6, 6.07) is 9.28. The third-order valence-corrected chi connectivity index (χ3v) is 7.20. The lowest BCUT2D eigenvalue weighted by atomic mass is 9.96. The molecule has 0 N–H and O–H groups in total. The van der Waals surface area contributed by atoms with Crippen LogP contribution in [0.4, 0.5) is 5.69 Å². The van der Waals surface area contributed by atoms with E-state index in [-0.39, 0.29) is 0 Å². The Bertz CT molecular complexity index is 645. The van der Waals surface area contributed by atoms with E-state index in [4.69, 9.17) is 0 Å². The van der Waals surface area contributed by atoms with Gasteiger partial charge < -0.3 is 9.80 Å². The smallest absolute Gasteiger partial charge is 0.225 e. The van der Waals surface area contributed by atoms with Crippen molar-refractivity contribution in [3.63, 3.8) is 0 Å². The van der Waals surface area contributed by atoms with Crippen LogP contribution in [0.1, 0.15) is 56.9 Å². The third kappa shape index (κ3) is 4.53. The molecule has 1 saturated carbocycles. The van der Waals surface area contributed by atoms with E-state index >= 15 is 0 Å². The molecule has 3 fully saturated rings. The minimum atomic E-state index is 0.305. The molecule has 1 aliphatic carbocycles. The number of hydrogen-bond acceptors (Lipinski definition) is 3. The Labute approximate surface area is 170 Å². The molecule has 1 aromatic carbocycles. The molecule has 1 amide bonds. The van der Waals surface area contributed by atoms with E-state index < -0.39 is 0 Å². The molecule has 2 aliphatic heterocycles. The normalized spacial score (nSPS) is 25.5. The number of piperazine rings is 1. The van der Waals surface area contributed by atoms with Gasteiger partial charge in [-0.05, 0) is 44.2 Å². The highest BCUT2D eigenvalue weighted by atomic mass is 16.2. The van der Waals surface area contributed by atoms with Crippen molar-refractivity contribution in [1.82, 2.24) is 9.80 Å². The van der Waals surface area contributed by atoms with Crippen LogP contribution in [0.15, 0.2) is 24.3 Å². The van der Waals surface area contributed by atoms with Crippen LogP contribution >= 0.6 is 0 Å². The first-order chi connectivity index (χ1) is 13.7. The second kappa shape index (κ2) is 9.30. The molecule has 4 nitrogen and oxygen atoms in total. The molecule has 1 aromatic rings. The summed E-state index contributed by atoms with van der Waals surface area (Å²) in [7, 11) is 0. The molecular formula is C24H37N3O. The van der Waals surface area contributed by atoms with Gasteiger partial charge in [-0.1, -0.05) is 43.9 Å². The molecule has 0 aromatic heterocycles. The molecule has 3 aliphatic rings. The molecule has 154 valence electrons. The number of carbonyl (C=O) groups excluding carboxylic acids is 1. The molecule has 2 saturated heterocycles. The Morgan fingerprint density at radius 3 is 2.29 bits per heavy atom. The van der Waals surface area contributed by atoms with Gasteiger partial charge in [-0.3, -0.25) is 9.69 Å². The second-order valence-electron chi connectivity index (χ2n) is 9.08. The fraction of sp³-hybridized carbons (Fsp3) is 0.708. The first kappa shape index (κ1) is 19.8. The number of rotatable bonds is 3. The maximum absolute atomic E-state index is 13.1. The van der Waals surface area contributed by atoms with Gasteiger partial charge in [0.1, 0.15) is 0 Å². The SMILES string of the molecule is Cc1ccccc1N1CCN([C@@H]2CCCN(C(=O)C3CCCCCC3)C2)CC1. The van der Waals surface area contributed by atoms with Crippen LogP contribution in [0.2, 0.25) is 0 Å². The van der Waals surface area contributed by atoms with E-state index in [1.54, 1.807) is 0 Å². The number of carbonyl (C=O) groups is 1. The summed E-state index contributed by atoms with van der Waals surface area (Å²) >= 11 is 0. The van der Waals surface area contributed by atoms with E-state index in [1.165, 1.54) is 49.8 Å². The number of hydrogen-bond donors (Lipinski definition) is 0. The van der Waals surface area contributed by atoms with Crippen molar-refractivity contribution in [1.29, 1.82) is 0 Å². The second-order valence-corrected chi connectivity index (χ2v) is 9.08. The average molecular weight is 384 g/mol. The van der Waals surface area contributed by atoms with Gasteiger partial charge in [-0.2, -0.15) is 0 Å². The van der Waals surface area contributed by atoms with Crippen LogP contribution in [0.5, 0.6) is 0 Å². The predicted octanol–water partition coefficient (Wildman–Crippen LogP) is 4.08. The fourth-order valence-corrected chi connectivity index (χ4v) is 5.48. The van der Waals surface area contributed by atoms with Crippen LogP contribution in [0.3, 0.4) is 0 Å². The number of likely N-dealkylation sites (tertiary alicyclic amines) is 1. The van der Waals surface area contributed by atoms with Gasteiger partial charge in [0.25, 0.3) is 0 Å². The van der Waals surface area contributed by atoms with Crippen LogP contribution < -0.4 is 4.90 Å². The maximum Gasteiger partial charge on any atom is 0.225 e. The van der Waals surface area contributed by atoms with Crippen molar-refractivity contribution in [3.05, 3.63) is 29.8 Å². The fourth-order valence-electron chi connectivity index (χ4n) is 5.48. The molecule has 4 rings (SSSR count). The van der Waals surface area contributed by atoms with Gasteiger partial charge in [0.05, 0.1) is 0 Å². The summed E-state index contributed by atoms with van der Waals surface area (Å²) in [5, 5.41) is 0. The number of piperidine rings is 1. The van der Waals surface area contributed by atoms with E-state index in [2.05, 4.69) is 45.9 Å². The summed E-state index contributed by atoms with van der Waals surface area (Å²) in [6.45, 7) is 8.57. The lowest BCUT2D eigenvalue weighted by molar-refractivity contribution is -0.138.